The van der Waals surface area contributed by atoms with Crippen LogP contribution in [0.2, 0.25) is 0 Å². The van der Waals surface area contributed by atoms with Crippen molar-refractivity contribution in [3.63, 3.8) is 0 Å². The highest BCUT2D eigenvalue weighted by molar-refractivity contribution is 4.79. The molecule has 1 aliphatic heterocycles. The molecule has 1 saturated carbocycles. The summed E-state index contributed by atoms with van der Waals surface area (Å²) in [6.07, 6.45) is 9.06. The molecule has 1 aliphatic carbocycles. The molecular formula is C13H24O. The lowest BCUT2D eigenvalue weighted by Gasteiger charge is -2.36. The monoisotopic (exact) mass is 196 g/mol. The summed E-state index contributed by atoms with van der Waals surface area (Å²) in [6.45, 7) is 5.66. The molecule has 0 bridgehead atoms. The van der Waals surface area contributed by atoms with Crippen LogP contribution >= 0.6 is 0 Å². The molecule has 0 aromatic rings. The Balaban J connectivity index is 1.82. The van der Waals surface area contributed by atoms with E-state index >= 15 is 0 Å². The topological polar surface area (TPSA) is 9.23 Å². The molecule has 2 rings (SSSR count). The molecule has 2 aliphatic rings. The minimum Gasteiger partial charge on any atom is -0.378 e. The molecule has 14 heavy (non-hydrogen) atoms. The van der Waals surface area contributed by atoms with Crippen molar-refractivity contribution in [3.8, 4) is 0 Å². The van der Waals surface area contributed by atoms with Crippen LogP contribution in [0.4, 0.5) is 0 Å². The molecule has 0 N–H and O–H groups in total. The summed E-state index contributed by atoms with van der Waals surface area (Å²) in [5.41, 5.74) is 0. The minimum atomic E-state index is 0.521. The summed E-state index contributed by atoms with van der Waals surface area (Å²) < 4.78 is 5.78. The van der Waals surface area contributed by atoms with E-state index in [0.717, 1.165) is 24.4 Å². The van der Waals surface area contributed by atoms with Crippen LogP contribution in [0.1, 0.15) is 52.4 Å². The van der Waals surface area contributed by atoms with Gasteiger partial charge in [-0.3, -0.25) is 0 Å². The van der Waals surface area contributed by atoms with E-state index in [1.807, 2.05) is 0 Å². The Morgan fingerprint density at radius 3 is 2.43 bits per heavy atom. The van der Waals surface area contributed by atoms with Crippen molar-refractivity contribution in [1.82, 2.24) is 0 Å². The molecule has 0 radical (unpaired) electrons. The summed E-state index contributed by atoms with van der Waals surface area (Å²) in [5.74, 6) is 2.83. The van der Waals surface area contributed by atoms with E-state index in [2.05, 4.69) is 13.8 Å². The van der Waals surface area contributed by atoms with Gasteiger partial charge in [-0.15, -0.1) is 0 Å². The zero-order valence-corrected chi connectivity index (χ0v) is 9.67. The summed E-state index contributed by atoms with van der Waals surface area (Å²) >= 11 is 0. The maximum absolute atomic E-state index is 5.78. The van der Waals surface area contributed by atoms with Crippen LogP contribution < -0.4 is 0 Å². The van der Waals surface area contributed by atoms with Gasteiger partial charge in [0.25, 0.3) is 0 Å². The fraction of sp³-hybridized carbons (Fsp3) is 1.00. The van der Waals surface area contributed by atoms with E-state index in [0.29, 0.717) is 6.10 Å². The van der Waals surface area contributed by atoms with Gasteiger partial charge in [-0.2, -0.15) is 0 Å². The Hall–Kier alpha value is -0.0400. The van der Waals surface area contributed by atoms with Gasteiger partial charge in [0.05, 0.1) is 12.7 Å². The highest BCUT2D eigenvalue weighted by Crippen LogP contribution is 2.37. The molecule has 1 heterocycles. The van der Waals surface area contributed by atoms with Crippen LogP contribution in [0.3, 0.4) is 0 Å². The molecule has 4 atom stereocenters. The van der Waals surface area contributed by atoms with Gasteiger partial charge in [0.2, 0.25) is 0 Å². The fourth-order valence-electron chi connectivity index (χ4n) is 3.18. The number of rotatable bonds is 1. The predicted octanol–water partition coefficient (Wildman–Crippen LogP) is 3.63. The smallest absolute Gasteiger partial charge is 0.0547 e. The van der Waals surface area contributed by atoms with E-state index in [4.69, 9.17) is 4.74 Å². The lowest BCUT2D eigenvalue weighted by atomic mass is 9.74. The average molecular weight is 196 g/mol. The minimum absolute atomic E-state index is 0.521. The quantitative estimate of drug-likeness (QED) is 0.622. The highest BCUT2D eigenvalue weighted by atomic mass is 16.5. The summed E-state index contributed by atoms with van der Waals surface area (Å²) in [6, 6.07) is 0. The molecule has 1 nitrogen and oxygen atoms in total. The van der Waals surface area contributed by atoms with Crippen molar-refractivity contribution in [1.29, 1.82) is 0 Å². The summed E-state index contributed by atoms with van der Waals surface area (Å²) in [4.78, 5) is 0. The first-order valence-electron chi connectivity index (χ1n) is 6.37. The van der Waals surface area contributed by atoms with Crippen LogP contribution in [-0.4, -0.2) is 12.7 Å². The molecular weight excluding hydrogens is 172 g/mol. The maximum atomic E-state index is 5.78. The first-order chi connectivity index (χ1) is 6.75. The Morgan fingerprint density at radius 1 is 0.929 bits per heavy atom. The van der Waals surface area contributed by atoms with E-state index in [1.165, 1.54) is 38.5 Å². The Labute approximate surface area is 88.2 Å². The van der Waals surface area contributed by atoms with Crippen LogP contribution in [0.25, 0.3) is 0 Å². The predicted molar refractivity (Wildman–Crippen MR) is 59.3 cm³/mol. The molecule has 0 spiro atoms. The van der Waals surface area contributed by atoms with Crippen molar-refractivity contribution >= 4 is 0 Å². The zero-order chi connectivity index (χ0) is 9.97. The van der Waals surface area contributed by atoms with Crippen molar-refractivity contribution in [2.45, 2.75) is 58.5 Å². The summed E-state index contributed by atoms with van der Waals surface area (Å²) in [5, 5.41) is 0. The van der Waals surface area contributed by atoms with Gasteiger partial charge in [-0.05, 0) is 43.9 Å². The Morgan fingerprint density at radius 2 is 1.79 bits per heavy atom. The lowest BCUT2D eigenvalue weighted by Crippen LogP contribution is -2.31. The fourth-order valence-corrected chi connectivity index (χ4v) is 3.18. The van der Waals surface area contributed by atoms with Gasteiger partial charge in [-0.25, -0.2) is 0 Å². The molecule has 4 unspecified atom stereocenters. The van der Waals surface area contributed by atoms with Gasteiger partial charge in [0.1, 0.15) is 0 Å². The molecule has 1 saturated heterocycles. The standard InChI is InChI=1S/C13H24O/c1-10-4-3-5-12(8-10)13-7-6-11(2)14-9-13/h10-13H,3-9H2,1-2H3. The van der Waals surface area contributed by atoms with Crippen LogP contribution in [0.15, 0.2) is 0 Å². The number of ether oxygens (including phenoxy) is 1. The van der Waals surface area contributed by atoms with E-state index in [1.54, 1.807) is 0 Å². The van der Waals surface area contributed by atoms with Crippen molar-refractivity contribution in [2.24, 2.45) is 17.8 Å². The maximum Gasteiger partial charge on any atom is 0.0547 e. The normalized spacial score (nSPS) is 45.0. The van der Waals surface area contributed by atoms with Crippen molar-refractivity contribution < 1.29 is 4.74 Å². The van der Waals surface area contributed by atoms with Gasteiger partial charge < -0.3 is 4.74 Å². The van der Waals surface area contributed by atoms with Crippen LogP contribution in [0, 0.1) is 17.8 Å². The molecule has 82 valence electrons. The summed E-state index contributed by atoms with van der Waals surface area (Å²) in [7, 11) is 0. The SMILES string of the molecule is CC1CCCC(C2CCC(C)OC2)C1. The van der Waals surface area contributed by atoms with E-state index < -0.39 is 0 Å². The van der Waals surface area contributed by atoms with E-state index in [9.17, 15) is 0 Å². The molecule has 0 aromatic heterocycles. The first-order valence-corrected chi connectivity index (χ1v) is 6.37. The van der Waals surface area contributed by atoms with Gasteiger partial charge in [-0.1, -0.05) is 26.2 Å². The first kappa shape index (κ1) is 10.5. The second kappa shape index (κ2) is 4.65. The molecule has 1 heteroatoms. The molecule has 0 amide bonds. The Kier molecular flexibility index (Phi) is 3.48. The second-order valence-corrected chi connectivity index (χ2v) is 5.51. The van der Waals surface area contributed by atoms with Gasteiger partial charge in [0, 0.05) is 0 Å². The van der Waals surface area contributed by atoms with Crippen LogP contribution in [-0.2, 0) is 4.74 Å². The third-order valence-corrected chi connectivity index (χ3v) is 4.18. The third kappa shape index (κ3) is 2.50. The Bertz CT molecular complexity index is 170. The third-order valence-electron chi connectivity index (χ3n) is 4.18. The number of hydrogen-bond acceptors (Lipinski definition) is 1. The van der Waals surface area contributed by atoms with Gasteiger partial charge >= 0.3 is 0 Å². The lowest BCUT2D eigenvalue weighted by molar-refractivity contribution is -0.0303. The van der Waals surface area contributed by atoms with Crippen molar-refractivity contribution in [3.05, 3.63) is 0 Å². The molecule has 0 aromatic carbocycles. The second-order valence-electron chi connectivity index (χ2n) is 5.51. The molecule has 2 fully saturated rings. The zero-order valence-electron chi connectivity index (χ0n) is 9.67. The largest absolute Gasteiger partial charge is 0.378 e. The average Bonchev–Trinajstić information content (AvgIpc) is 2.19. The van der Waals surface area contributed by atoms with Gasteiger partial charge in [0.15, 0.2) is 0 Å². The van der Waals surface area contributed by atoms with E-state index in [-0.39, 0.29) is 0 Å². The van der Waals surface area contributed by atoms with Crippen molar-refractivity contribution in [2.75, 3.05) is 6.61 Å². The highest BCUT2D eigenvalue weighted by Gasteiger charge is 2.29. The van der Waals surface area contributed by atoms with Crippen LogP contribution in [0.5, 0.6) is 0 Å². The number of hydrogen-bond donors (Lipinski definition) is 0.